The zero-order chi connectivity index (χ0) is 28.0. The first-order valence-corrected chi connectivity index (χ1v) is 15.9. The van der Waals surface area contributed by atoms with Crippen LogP contribution in [-0.2, 0) is 19.5 Å². The van der Waals surface area contributed by atoms with Gasteiger partial charge in [-0.15, -0.1) is 5.10 Å². The number of hydrogen-bond donors (Lipinski definition) is 0. The molecular weight excluding hydrogens is 488 g/mol. The third-order valence-corrected chi connectivity index (χ3v) is 8.16. The van der Waals surface area contributed by atoms with Gasteiger partial charge in [0.05, 0.1) is 5.52 Å². The fourth-order valence-corrected chi connectivity index (χ4v) is 5.58. The van der Waals surface area contributed by atoms with E-state index < -0.39 is 0 Å². The van der Waals surface area contributed by atoms with Crippen LogP contribution in [0.25, 0.3) is 11.0 Å². The van der Waals surface area contributed by atoms with E-state index in [1.807, 2.05) is 4.68 Å². The molecule has 0 aliphatic rings. The second kappa shape index (κ2) is 16.2. The molecule has 40 heavy (non-hydrogen) atoms. The first-order valence-electron chi connectivity index (χ1n) is 15.9. The molecule has 0 spiro atoms. The number of nitrogens with zero attached hydrogens (tertiary/aromatic N) is 4. The highest BCUT2D eigenvalue weighted by Gasteiger charge is 2.14. The zero-order valence-corrected chi connectivity index (χ0v) is 25.2. The number of fused-ring (bicyclic) bond motifs is 1. The Labute approximate surface area is 242 Å². The van der Waals surface area contributed by atoms with E-state index in [0.29, 0.717) is 6.67 Å². The Kier molecular flexibility index (Phi) is 12.1. The van der Waals surface area contributed by atoms with Crippen LogP contribution in [-0.4, -0.2) is 15.0 Å². The van der Waals surface area contributed by atoms with Gasteiger partial charge in [-0.1, -0.05) is 120 Å². The molecule has 0 aliphatic carbocycles. The van der Waals surface area contributed by atoms with Crippen LogP contribution in [0.3, 0.4) is 0 Å². The van der Waals surface area contributed by atoms with E-state index in [1.54, 1.807) is 0 Å². The van der Waals surface area contributed by atoms with Crippen molar-refractivity contribution in [2.75, 3.05) is 4.90 Å². The molecule has 214 valence electrons. The van der Waals surface area contributed by atoms with Crippen LogP contribution in [0.1, 0.15) is 108 Å². The van der Waals surface area contributed by atoms with E-state index in [-0.39, 0.29) is 0 Å². The van der Waals surface area contributed by atoms with Crippen molar-refractivity contribution in [1.82, 2.24) is 15.0 Å². The highest BCUT2D eigenvalue weighted by atomic mass is 15.5. The molecule has 0 saturated carbocycles. The van der Waals surface area contributed by atoms with Crippen LogP contribution >= 0.6 is 0 Å². The summed E-state index contributed by atoms with van der Waals surface area (Å²) in [5.41, 5.74) is 8.44. The van der Waals surface area contributed by atoms with Crippen LogP contribution in [0, 0.1) is 6.92 Å². The van der Waals surface area contributed by atoms with Crippen LogP contribution in [0.4, 0.5) is 11.4 Å². The largest absolute Gasteiger partial charge is 0.321 e. The minimum absolute atomic E-state index is 0.619. The molecule has 0 radical (unpaired) electrons. The second-order valence-corrected chi connectivity index (χ2v) is 11.5. The topological polar surface area (TPSA) is 34.0 Å². The lowest BCUT2D eigenvalue weighted by atomic mass is 10.0. The number of unbranched alkanes of at least 4 members (excludes halogenated alkanes) is 10. The van der Waals surface area contributed by atoms with Gasteiger partial charge in [0.2, 0.25) is 0 Å². The molecule has 4 aromatic rings. The van der Waals surface area contributed by atoms with Crippen LogP contribution < -0.4 is 4.90 Å². The molecule has 1 heterocycles. The Balaban J connectivity index is 1.46. The summed E-state index contributed by atoms with van der Waals surface area (Å²) in [4.78, 5) is 2.36. The number of rotatable bonds is 18. The fraction of sp³-hybridized carbons (Fsp3) is 0.500. The summed E-state index contributed by atoms with van der Waals surface area (Å²) in [6.07, 6.45) is 18.4. The predicted octanol–water partition coefficient (Wildman–Crippen LogP) is 10.3. The maximum absolute atomic E-state index is 4.55. The third kappa shape index (κ3) is 8.68. The van der Waals surface area contributed by atoms with Crippen molar-refractivity contribution in [2.45, 2.75) is 117 Å². The summed E-state index contributed by atoms with van der Waals surface area (Å²) in [5, 5.41) is 9.04. The van der Waals surface area contributed by atoms with E-state index in [4.69, 9.17) is 0 Å². The zero-order valence-electron chi connectivity index (χ0n) is 25.2. The smallest absolute Gasteiger partial charge is 0.119 e. The van der Waals surface area contributed by atoms with Crippen LogP contribution in [0.5, 0.6) is 0 Å². The Morgan fingerprint density at radius 3 is 1.62 bits per heavy atom. The molecular formula is C36H50N4. The monoisotopic (exact) mass is 538 g/mol. The van der Waals surface area contributed by atoms with Gasteiger partial charge < -0.3 is 4.90 Å². The molecule has 0 aliphatic heterocycles. The minimum atomic E-state index is 0.619. The van der Waals surface area contributed by atoms with Gasteiger partial charge in [-0.2, -0.15) is 0 Å². The van der Waals surface area contributed by atoms with Crippen LogP contribution in [0.15, 0.2) is 66.7 Å². The lowest BCUT2D eigenvalue weighted by molar-refractivity contribution is 0.607. The first kappa shape index (κ1) is 29.8. The van der Waals surface area contributed by atoms with Crippen LogP contribution in [0.2, 0.25) is 0 Å². The number of anilines is 2. The summed E-state index contributed by atoms with van der Waals surface area (Å²) >= 11 is 0. The average Bonchev–Trinajstić information content (AvgIpc) is 3.40. The van der Waals surface area contributed by atoms with Crippen molar-refractivity contribution >= 4 is 22.4 Å². The van der Waals surface area contributed by atoms with E-state index in [0.717, 1.165) is 29.4 Å². The number of benzene rings is 3. The lowest BCUT2D eigenvalue weighted by Crippen LogP contribution is -2.22. The molecule has 3 aromatic carbocycles. The van der Waals surface area contributed by atoms with Gasteiger partial charge in [0.25, 0.3) is 0 Å². The van der Waals surface area contributed by atoms with Gasteiger partial charge in [0.1, 0.15) is 12.2 Å². The molecule has 0 unspecified atom stereocenters. The highest BCUT2D eigenvalue weighted by molar-refractivity contribution is 5.78. The van der Waals surface area contributed by atoms with Crippen molar-refractivity contribution < 1.29 is 0 Å². The fourth-order valence-electron chi connectivity index (χ4n) is 5.58. The van der Waals surface area contributed by atoms with Gasteiger partial charge in [-0.3, -0.25) is 0 Å². The number of aryl methyl sites for hydroxylation is 3. The van der Waals surface area contributed by atoms with Crippen molar-refractivity contribution in [3.63, 3.8) is 0 Å². The maximum Gasteiger partial charge on any atom is 0.119 e. The average molecular weight is 539 g/mol. The van der Waals surface area contributed by atoms with E-state index in [2.05, 4.69) is 103 Å². The molecule has 0 fully saturated rings. The molecule has 4 heteroatoms. The maximum atomic E-state index is 4.55. The molecule has 0 bridgehead atoms. The van der Waals surface area contributed by atoms with Gasteiger partial charge in [-0.25, -0.2) is 4.68 Å². The molecule has 0 N–H and O–H groups in total. The number of aromatic nitrogens is 3. The Morgan fingerprint density at radius 1 is 0.600 bits per heavy atom. The van der Waals surface area contributed by atoms with E-state index in [9.17, 15) is 0 Å². The molecule has 0 atom stereocenters. The summed E-state index contributed by atoms with van der Waals surface area (Å²) in [6, 6.07) is 24.7. The molecule has 4 rings (SSSR count). The summed E-state index contributed by atoms with van der Waals surface area (Å²) in [6.45, 7) is 7.28. The first-order chi connectivity index (χ1) is 19.7. The number of hydrogen-bond acceptors (Lipinski definition) is 3. The van der Waals surface area contributed by atoms with Crippen molar-refractivity contribution in [1.29, 1.82) is 0 Å². The van der Waals surface area contributed by atoms with Gasteiger partial charge in [0.15, 0.2) is 0 Å². The minimum Gasteiger partial charge on any atom is -0.321 e. The SMILES string of the molecule is CCCCCCCCc1ccc(N(Cn2nnc3c(C)cccc32)c2ccc(CCCCCCCC)cc2)cc1. The summed E-state index contributed by atoms with van der Waals surface area (Å²) in [5.74, 6) is 0. The Hall–Kier alpha value is -3.14. The van der Waals surface area contributed by atoms with E-state index >= 15 is 0 Å². The molecule has 0 amide bonds. The van der Waals surface area contributed by atoms with Crippen molar-refractivity contribution in [3.8, 4) is 0 Å². The molecule has 1 aromatic heterocycles. The Morgan fingerprint density at radius 2 is 1.10 bits per heavy atom. The summed E-state index contributed by atoms with van der Waals surface area (Å²) < 4.78 is 2.02. The second-order valence-electron chi connectivity index (χ2n) is 11.5. The Bertz CT molecular complexity index is 1200. The van der Waals surface area contributed by atoms with E-state index in [1.165, 1.54) is 99.6 Å². The van der Waals surface area contributed by atoms with Gasteiger partial charge in [-0.05, 0) is 79.6 Å². The quantitative estimate of drug-likeness (QED) is 0.118. The lowest BCUT2D eigenvalue weighted by Gasteiger charge is -2.25. The highest BCUT2D eigenvalue weighted by Crippen LogP contribution is 2.29. The van der Waals surface area contributed by atoms with Gasteiger partial charge >= 0.3 is 0 Å². The summed E-state index contributed by atoms with van der Waals surface area (Å²) in [7, 11) is 0. The third-order valence-electron chi connectivity index (χ3n) is 8.16. The molecule has 4 nitrogen and oxygen atoms in total. The van der Waals surface area contributed by atoms with Gasteiger partial charge in [0, 0.05) is 11.4 Å². The molecule has 0 saturated heterocycles. The predicted molar refractivity (Wildman–Crippen MR) is 171 cm³/mol. The van der Waals surface area contributed by atoms with Crippen molar-refractivity contribution in [3.05, 3.63) is 83.4 Å². The normalized spacial score (nSPS) is 11.4. The van der Waals surface area contributed by atoms with Crippen molar-refractivity contribution in [2.24, 2.45) is 0 Å². The standard InChI is InChI=1S/C36H50N4/c1-4-6-8-10-12-14-18-31-21-25-33(26-22-31)39(29-40-35-20-16-17-30(3)36(35)37-38-40)34-27-23-32(24-28-34)19-15-13-11-9-7-5-2/h16-17,20-28H,4-15,18-19,29H2,1-3H3.